The predicted octanol–water partition coefficient (Wildman–Crippen LogP) is 4.80. The van der Waals surface area contributed by atoms with Crippen molar-refractivity contribution in [1.82, 2.24) is 14.8 Å². The highest BCUT2D eigenvalue weighted by molar-refractivity contribution is 6.36. The number of fused-ring (bicyclic) bond motifs is 1. The van der Waals surface area contributed by atoms with Crippen molar-refractivity contribution in [2.45, 2.75) is 39.7 Å². The molecule has 0 spiro atoms. The third kappa shape index (κ3) is 4.42. The Morgan fingerprint density at radius 1 is 0.943 bits per heavy atom. The third-order valence-corrected chi connectivity index (χ3v) is 7.17. The number of aryl methyl sites for hydroxylation is 2. The fourth-order valence-corrected chi connectivity index (χ4v) is 5.14. The number of rotatable bonds is 5. The highest BCUT2D eigenvalue weighted by Crippen LogP contribution is 2.37. The van der Waals surface area contributed by atoms with Crippen LogP contribution >= 0.6 is 0 Å². The Hall–Kier alpha value is -3.64. The van der Waals surface area contributed by atoms with Gasteiger partial charge in [0.05, 0.1) is 11.3 Å². The summed E-state index contributed by atoms with van der Waals surface area (Å²) in [5, 5.41) is 6.73. The number of carbonyl (C=O) groups is 2. The highest BCUT2D eigenvalue weighted by atomic mass is 16.2. The van der Waals surface area contributed by atoms with E-state index >= 15 is 0 Å². The largest absolute Gasteiger partial charge is 0.381 e. The molecular weight excluding hydrogens is 436 g/mol. The molecule has 0 atom stereocenters. The number of benzene rings is 2. The minimum Gasteiger partial charge on any atom is -0.381 e. The summed E-state index contributed by atoms with van der Waals surface area (Å²) in [4.78, 5) is 27.7. The second-order valence-corrected chi connectivity index (χ2v) is 9.74. The van der Waals surface area contributed by atoms with Gasteiger partial charge in [0.1, 0.15) is 0 Å². The maximum atomic E-state index is 13.3. The van der Waals surface area contributed by atoms with Crippen molar-refractivity contribution in [2.75, 3.05) is 25.5 Å². The summed E-state index contributed by atoms with van der Waals surface area (Å²) in [6.07, 6.45) is 2.02. The van der Waals surface area contributed by atoms with Gasteiger partial charge >= 0.3 is 0 Å². The fourth-order valence-electron chi connectivity index (χ4n) is 5.14. The highest BCUT2D eigenvalue weighted by Gasteiger charge is 2.30. The Morgan fingerprint density at radius 2 is 1.57 bits per heavy atom. The maximum Gasteiger partial charge on any atom is 0.258 e. The Kier molecular flexibility index (Phi) is 6.07. The number of piperidine rings is 1. The molecule has 0 saturated carbocycles. The molecular formula is C29H32N4O2. The van der Waals surface area contributed by atoms with Crippen LogP contribution in [0.15, 0.2) is 54.6 Å². The number of carbonyl (C=O) groups excluding carboxylic acids is 2. The molecule has 1 saturated heterocycles. The van der Waals surface area contributed by atoms with E-state index in [1.807, 2.05) is 12.1 Å². The van der Waals surface area contributed by atoms with E-state index in [0.29, 0.717) is 11.1 Å². The molecule has 0 radical (unpaired) electrons. The third-order valence-electron chi connectivity index (χ3n) is 7.17. The number of hydrogen-bond acceptors (Lipinski definition) is 4. The Labute approximate surface area is 206 Å². The number of likely N-dealkylation sites (tertiary alicyclic amines) is 1. The van der Waals surface area contributed by atoms with Gasteiger partial charge in [-0.25, -0.2) is 0 Å². The van der Waals surface area contributed by atoms with Crippen molar-refractivity contribution in [3.05, 3.63) is 82.7 Å². The van der Waals surface area contributed by atoms with E-state index in [9.17, 15) is 9.59 Å². The van der Waals surface area contributed by atoms with Crippen LogP contribution < -0.4 is 10.6 Å². The number of aromatic nitrogens is 1. The van der Waals surface area contributed by atoms with Gasteiger partial charge in [-0.2, -0.15) is 0 Å². The van der Waals surface area contributed by atoms with Gasteiger partial charge in [0.25, 0.3) is 5.91 Å². The molecule has 0 unspecified atom stereocenters. The van der Waals surface area contributed by atoms with Crippen LogP contribution in [0.5, 0.6) is 0 Å². The molecule has 1 amide bonds. The predicted molar refractivity (Wildman–Crippen MR) is 141 cm³/mol. The summed E-state index contributed by atoms with van der Waals surface area (Å²) in [5.41, 5.74) is 7.96. The number of anilines is 1. The minimum absolute atomic E-state index is 0.0156. The van der Waals surface area contributed by atoms with Crippen LogP contribution in [0.2, 0.25) is 0 Å². The lowest BCUT2D eigenvalue weighted by atomic mass is 9.96. The van der Waals surface area contributed by atoms with Crippen molar-refractivity contribution >= 4 is 28.6 Å². The maximum absolute atomic E-state index is 13.3. The van der Waals surface area contributed by atoms with Gasteiger partial charge in [0.2, 0.25) is 0 Å². The first-order chi connectivity index (χ1) is 16.8. The molecule has 3 heterocycles. The lowest BCUT2D eigenvalue weighted by Gasteiger charge is -2.31. The standard InChI is InChI=1S/C29H32N4O2/c1-18-5-6-19(2)33(18)24-10-7-21(8-11-24)28(30-23-13-15-32(4)16-14-23)27-25-17-22(20(3)34)9-12-26(25)31-29(27)35/h5-12,17,23,30H,13-16H2,1-4H3,(H,31,35)/b28-27+. The number of amides is 1. The number of hydrogen-bond donors (Lipinski definition) is 2. The van der Waals surface area contributed by atoms with Crippen molar-refractivity contribution in [3.63, 3.8) is 0 Å². The first-order valence-electron chi connectivity index (χ1n) is 12.2. The molecule has 2 aliphatic rings. The minimum atomic E-state index is -0.141. The van der Waals surface area contributed by atoms with E-state index < -0.39 is 0 Å². The molecule has 35 heavy (non-hydrogen) atoms. The molecule has 2 aromatic carbocycles. The smallest absolute Gasteiger partial charge is 0.258 e. The number of Topliss-reactive ketones (excluding diaryl/α,β-unsaturated/α-hetero) is 1. The molecule has 180 valence electrons. The van der Waals surface area contributed by atoms with Crippen molar-refractivity contribution in [1.29, 1.82) is 0 Å². The molecule has 2 N–H and O–H groups in total. The number of nitrogens with zero attached hydrogens (tertiary/aromatic N) is 2. The lowest BCUT2D eigenvalue weighted by Crippen LogP contribution is -2.40. The van der Waals surface area contributed by atoms with E-state index in [1.165, 1.54) is 11.4 Å². The molecule has 6 nitrogen and oxygen atoms in total. The average molecular weight is 469 g/mol. The summed E-state index contributed by atoms with van der Waals surface area (Å²) < 4.78 is 2.22. The van der Waals surface area contributed by atoms with Gasteiger partial charge in [-0.05, 0) is 102 Å². The number of ketones is 1. The Balaban J connectivity index is 1.61. The topological polar surface area (TPSA) is 66.4 Å². The second kappa shape index (κ2) is 9.19. The van der Waals surface area contributed by atoms with Crippen molar-refractivity contribution < 1.29 is 9.59 Å². The van der Waals surface area contributed by atoms with Crippen LogP contribution in [0.4, 0.5) is 5.69 Å². The molecule has 2 aliphatic heterocycles. The van der Waals surface area contributed by atoms with Gasteiger partial charge in [0, 0.05) is 39.9 Å². The average Bonchev–Trinajstić information content (AvgIpc) is 3.35. The first kappa shape index (κ1) is 23.1. The van der Waals surface area contributed by atoms with Crippen LogP contribution in [-0.2, 0) is 4.79 Å². The van der Waals surface area contributed by atoms with Crippen LogP contribution in [0, 0.1) is 13.8 Å². The normalized spacial score (nSPS) is 17.8. The van der Waals surface area contributed by atoms with E-state index in [2.05, 4.69) is 77.4 Å². The van der Waals surface area contributed by atoms with Gasteiger partial charge in [-0.15, -0.1) is 0 Å². The van der Waals surface area contributed by atoms with E-state index in [4.69, 9.17) is 0 Å². The fraction of sp³-hybridized carbons (Fsp3) is 0.310. The Bertz CT molecular complexity index is 1310. The number of nitrogens with one attached hydrogen (secondary N) is 2. The zero-order chi connectivity index (χ0) is 24.7. The first-order valence-corrected chi connectivity index (χ1v) is 12.2. The van der Waals surface area contributed by atoms with Gasteiger partial charge < -0.3 is 20.1 Å². The summed E-state index contributed by atoms with van der Waals surface area (Å²) in [7, 11) is 2.14. The van der Waals surface area contributed by atoms with Crippen molar-refractivity contribution in [2.24, 2.45) is 0 Å². The van der Waals surface area contributed by atoms with Crippen LogP contribution in [0.25, 0.3) is 17.0 Å². The summed E-state index contributed by atoms with van der Waals surface area (Å²) in [6.45, 7) is 7.78. The van der Waals surface area contributed by atoms with Crippen molar-refractivity contribution in [3.8, 4) is 5.69 Å². The molecule has 0 aliphatic carbocycles. The Morgan fingerprint density at radius 3 is 2.20 bits per heavy atom. The molecule has 0 bridgehead atoms. The molecule has 3 aromatic rings. The zero-order valence-corrected chi connectivity index (χ0v) is 20.8. The van der Waals surface area contributed by atoms with E-state index in [0.717, 1.165) is 54.1 Å². The van der Waals surface area contributed by atoms with E-state index in [1.54, 1.807) is 13.0 Å². The van der Waals surface area contributed by atoms with E-state index in [-0.39, 0.29) is 17.7 Å². The zero-order valence-electron chi connectivity index (χ0n) is 20.8. The molecule has 1 fully saturated rings. The van der Waals surface area contributed by atoms with Crippen LogP contribution in [0.3, 0.4) is 0 Å². The summed E-state index contributed by atoms with van der Waals surface area (Å²) >= 11 is 0. The van der Waals surface area contributed by atoms with Gasteiger partial charge in [-0.1, -0.05) is 12.1 Å². The quantitative estimate of drug-likeness (QED) is 0.417. The lowest BCUT2D eigenvalue weighted by molar-refractivity contribution is -0.110. The molecule has 5 rings (SSSR count). The molecule has 6 heteroatoms. The molecule has 1 aromatic heterocycles. The summed E-state index contributed by atoms with van der Waals surface area (Å²) in [6, 6.07) is 18.3. The van der Waals surface area contributed by atoms with Gasteiger partial charge in [0.15, 0.2) is 5.78 Å². The van der Waals surface area contributed by atoms with Crippen LogP contribution in [0.1, 0.15) is 52.6 Å². The van der Waals surface area contributed by atoms with Gasteiger partial charge in [-0.3, -0.25) is 9.59 Å². The SMILES string of the molecule is CC(=O)c1ccc2c(c1)/C(=C(\NC1CCN(C)CC1)c1ccc(-n3c(C)ccc3C)cc1)C(=O)N2. The monoisotopic (exact) mass is 468 g/mol. The van der Waals surface area contributed by atoms with Crippen LogP contribution in [-0.4, -0.2) is 47.3 Å². The second-order valence-electron chi connectivity index (χ2n) is 9.74. The summed E-state index contributed by atoms with van der Waals surface area (Å²) in [5.74, 6) is -0.157.